The molecule has 5 nitrogen and oxygen atoms in total. The Kier molecular flexibility index (Phi) is 8.94. The van der Waals surface area contributed by atoms with Crippen molar-refractivity contribution in [3.05, 3.63) is 75.8 Å². The zero-order chi connectivity index (χ0) is 31.1. The monoisotopic (exact) mass is 616 g/mol. The van der Waals surface area contributed by atoms with Crippen molar-refractivity contribution in [3.63, 3.8) is 0 Å². The molecule has 2 heterocycles. The molecule has 0 aromatic heterocycles. The van der Waals surface area contributed by atoms with Crippen molar-refractivity contribution in [3.8, 4) is 28.4 Å². The summed E-state index contributed by atoms with van der Waals surface area (Å²) >= 11 is 6.87. The number of fused-ring (bicyclic) bond motifs is 1. The third-order valence-electron chi connectivity index (χ3n) is 10.4. The first kappa shape index (κ1) is 31.3. The first-order valence-electron chi connectivity index (χ1n) is 16.5. The Balaban J connectivity index is 1.17. The number of nitrogens with zero attached hydrogens (tertiary/aromatic N) is 2. The van der Waals surface area contributed by atoms with E-state index in [1.807, 2.05) is 19.1 Å². The van der Waals surface area contributed by atoms with Crippen molar-refractivity contribution < 1.29 is 14.2 Å². The molecule has 0 amide bonds. The average Bonchev–Trinajstić information content (AvgIpc) is 3.40. The summed E-state index contributed by atoms with van der Waals surface area (Å²) in [6.07, 6.45) is 5.36. The van der Waals surface area contributed by atoms with Crippen molar-refractivity contribution in [2.75, 3.05) is 32.8 Å². The van der Waals surface area contributed by atoms with Gasteiger partial charge in [0.1, 0.15) is 23.4 Å². The largest absolute Gasteiger partial charge is 0.493 e. The SMILES string of the molecule is CCOc1cc(O[C@H]2CCc3c(-c4cccc(OCCCN5CCC5(C)C)c4C)cccc32)c(Cl)cc1CN1CCC1(C)C. The lowest BCUT2D eigenvalue weighted by Crippen LogP contribution is -2.55. The van der Waals surface area contributed by atoms with Crippen LogP contribution in [0.25, 0.3) is 11.1 Å². The summed E-state index contributed by atoms with van der Waals surface area (Å²) in [5.74, 6) is 2.53. The predicted molar refractivity (Wildman–Crippen MR) is 180 cm³/mol. The maximum absolute atomic E-state index is 6.87. The molecule has 0 bridgehead atoms. The van der Waals surface area contributed by atoms with Crippen molar-refractivity contribution in [2.24, 2.45) is 0 Å². The minimum Gasteiger partial charge on any atom is -0.493 e. The Morgan fingerprint density at radius 3 is 2.27 bits per heavy atom. The molecule has 236 valence electrons. The zero-order valence-corrected chi connectivity index (χ0v) is 28.2. The smallest absolute Gasteiger partial charge is 0.142 e. The highest BCUT2D eigenvalue weighted by molar-refractivity contribution is 6.32. The molecular weight excluding hydrogens is 568 g/mol. The molecule has 0 unspecified atom stereocenters. The van der Waals surface area contributed by atoms with Gasteiger partial charge in [-0.25, -0.2) is 0 Å². The van der Waals surface area contributed by atoms with Gasteiger partial charge in [-0.3, -0.25) is 9.80 Å². The Morgan fingerprint density at radius 1 is 0.864 bits per heavy atom. The Hall–Kier alpha value is -2.73. The van der Waals surface area contributed by atoms with Gasteiger partial charge in [-0.15, -0.1) is 0 Å². The molecule has 3 aliphatic rings. The van der Waals surface area contributed by atoms with E-state index < -0.39 is 0 Å². The summed E-state index contributed by atoms with van der Waals surface area (Å²) in [4.78, 5) is 5.03. The number of halogens is 1. The summed E-state index contributed by atoms with van der Waals surface area (Å²) in [7, 11) is 0. The van der Waals surface area contributed by atoms with Crippen molar-refractivity contribution >= 4 is 11.6 Å². The summed E-state index contributed by atoms with van der Waals surface area (Å²) in [6, 6.07) is 17.1. The highest BCUT2D eigenvalue weighted by Crippen LogP contribution is 2.44. The number of benzene rings is 3. The molecule has 1 atom stereocenters. The maximum atomic E-state index is 6.87. The van der Waals surface area contributed by atoms with Gasteiger partial charge in [-0.2, -0.15) is 0 Å². The molecule has 0 N–H and O–H groups in total. The normalized spacial score (nSPS) is 20.5. The van der Waals surface area contributed by atoms with Crippen LogP contribution in [-0.2, 0) is 13.0 Å². The van der Waals surface area contributed by atoms with E-state index in [9.17, 15) is 0 Å². The van der Waals surface area contributed by atoms with Gasteiger partial charge in [-0.05, 0) is 114 Å². The lowest BCUT2D eigenvalue weighted by Gasteiger charge is -2.48. The topological polar surface area (TPSA) is 34.2 Å². The maximum Gasteiger partial charge on any atom is 0.142 e. The van der Waals surface area contributed by atoms with Crippen LogP contribution in [0.3, 0.4) is 0 Å². The van der Waals surface area contributed by atoms with E-state index in [1.165, 1.54) is 47.2 Å². The van der Waals surface area contributed by atoms with Gasteiger partial charge < -0.3 is 14.2 Å². The molecule has 2 aliphatic heterocycles. The van der Waals surface area contributed by atoms with Gasteiger partial charge in [0.15, 0.2) is 0 Å². The third kappa shape index (κ3) is 6.21. The van der Waals surface area contributed by atoms with E-state index in [4.69, 9.17) is 25.8 Å². The highest BCUT2D eigenvalue weighted by Gasteiger charge is 2.37. The quantitative estimate of drug-likeness (QED) is 0.190. The fourth-order valence-electron chi connectivity index (χ4n) is 7.07. The molecule has 0 spiro atoms. The summed E-state index contributed by atoms with van der Waals surface area (Å²) in [6.45, 7) is 19.0. The van der Waals surface area contributed by atoms with E-state index >= 15 is 0 Å². The Bertz CT molecular complexity index is 1500. The van der Waals surface area contributed by atoms with E-state index in [1.54, 1.807) is 0 Å². The molecule has 3 aromatic rings. The molecule has 6 heteroatoms. The summed E-state index contributed by atoms with van der Waals surface area (Å²) < 4.78 is 19.1. The standard InChI is InChI=1S/C38H49ClN2O3/c1-7-42-35-24-36(32(39)23-27(35)25-41-21-18-38(41,5)6)44-34-16-15-30-29(12-8-13-31(30)34)28-11-9-14-33(26(28)2)43-22-10-19-40-20-17-37(40,3)4/h8-9,11-14,23-24,34H,7,10,15-22,25H2,1-6H3/t34-/m0/s1. The van der Waals surface area contributed by atoms with E-state index in [2.05, 4.69) is 80.8 Å². The highest BCUT2D eigenvalue weighted by atomic mass is 35.5. The second kappa shape index (κ2) is 12.6. The van der Waals surface area contributed by atoms with E-state index in [-0.39, 0.29) is 11.6 Å². The van der Waals surface area contributed by atoms with Gasteiger partial charge >= 0.3 is 0 Å². The molecule has 0 saturated carbocycles. The van der Waals surface area contributed by atoms with Crippen molar-refractivity contribution in [2.45, 2.75) is 97.4 Å². The number of hydrogen-bond donors (Lipinski definition) is 0. The van der Waals surface area contributed by atoms with Crippen LogP contribution in [0.1, 0.15) is 88.7 Å². The molecule has 6 rings (SSSR count). The van der Waals surface area contributed by atoms with Gasteiger partial charge in [0.05, 0.1) is 18.2 Å². The fraction of sp³-hybridized carbons (Fsp3) is 0.526. The summed E-state index contributed by atoms with van der Waals surface area (Å²) in [5.41, 5.74) is 7.98. The van der Waals surface area contributed by atoms with Crippen LogP contribution >= 0.6 is 11.6 Å². The molecule has 0 radical (unpaired) electrons. The molecule has 3 aromatic carbocycles. The third-order valence-corrected chi connectivity index (χ3v) is 10.7. The van der Waals surface area contributed by atoms with Crippen LogP contribution in [-0.4, -0.2) is 53.7 Å². The second-order valence-electron chi connectivity index (χ2n) is 14.0. The molecule has 1 aliphatic carbocycles. The minimum atomic E-state index is -0.0532. The van der Waals surface area contributed by atoms with E-state index in [0.717, 1.165) is 62.6 Å². The van der Waals surface area contributed by atoms with Crippen molar-refractivity contribution in [1.82, 2.24) is 9.80 Å². The van der Waals surface area contributed by atoms with Crippen LogP contribution in [0.4, 0.5) is 0 Å². The van der Waals surface area contributed by atoms with Crippen molar-refractivity contribution in [1.29, 1.82) is 0 Å². The Morgan fingerprint density at radius 2 is 1.59 bits per heavy atom. The fourth-order valence-corrected chi connectivity index (χ4v) is 7.30. The first-order chi connectivity index (χ1) is 21.1. The molecule has 44 heavy (non-hydrogen) atoms. The second-order valence-corrected chi connectivity index (χ2v) is 14.4. The lowest BCUT2D eigenvalue weighted by atomic mass is 9.88. The molecule has 2 fully saturated rings. The van der Waals surface area contributed by atoms with Gasteiger partial charge in [0.2, 0.25) is 0 Å². The van der Waals surface area contributed by atoms with Gasteiger partial charge in [-0.1, -0.05) is 41.9 Å². The first-order valence-corrected chi connectivity index (χ1v) is 16.9. The average molecular weight is 617 g/mol. The van der Waals surface area contributed by atoms with Crippen LogP contribution in [0.15, 0.2) is 48.5 Å². The minimum absolute atomic E-state index is 0.0532. The lowest BCUT2D eigenvalue weighted by molar-refractivity contribution is 0.00727. The van der Waals surface area contributed by atoms with Gasteiger partial charge in [0, 0.05) is 48.9 Å². The van der Waals surface area contributed by atoms with Gasteiger partial charge in [0.25, 0.3) is 0 Å². The predicted octanol–water partition coefficient (Wildman–Crippen LogP) is 9.02. The van der Waals surface area contributed by atoms with E-state index in [0.29, 0.717) is 22.9 Å². The molecule has 2 saturated heterocycles. The molecular formula is C38H49ClN2O3. The van der Waals surface area contributed by atoms with Crippen LogP contribution in [0.5, 0.6) is 17.2 Å². The van der Waals surface area contributed by atoms with Crippen LogP contribution < -0.4 is 14.2 Å². The number of likely N-dealkylation sites (tertiary alicyclic amines) is 2. The number of ether oxygens (including phenoxy) is 3. The zero-order valence-electron chi connectivity index (χ0n) is 27.5. The number of hydrogen-bond acceptors (Lipinski definition) is 5. The summed E-state index contributed by atoms with van der Waals surface area (Å²) in [5, 5.41) is 0.643. The number of rotatable bonds is 12. The van der Waals surface area contributed by atoms with Crippen LogP contribution in [0, 0.1) is 6.92 Å². The van der Waals surface area contributed by atoms with Crippen LogP contribution in [0.2, 0.25) is 5.02 Å². The Labute approximate surface area is 269 Å².